The lowest BCUT2D eigenvalue weighted by molar-refractivity contribution is 0.415. The van der Waals surface area contributed by atoms with Crippen LogP contribution in [0.25, 0.3) is 11.4 Å². The summed E-state index contributed by atoms with van der Waals surface area (Å²) in [5, 5.41) is 11.2. The first kappa shape index (κ1) is 15.1. The Hall–Kier alpha value is -2.80. The van der Waals surface area contributed by atoms with Crippen LogP contribution in [-0.2, 0) is 0 Å². The maximum Gasteiger partial charge on any atom is 0.216 e. The Bertz CT molecular complexity index is 916. The molecule has 23 heavy (non-hydrogen) atoms. The van der Waals surface area contributed by atoms with E-state index >= 15 is 0 Å². The zero-order valence-corrected chi connectivity index (χ0v) is 13.0. The molecule has 1 N–H and O–H groups in total. The van der Waals surface area contributed by atoms with Gasteiger partial charge in [0.25, 0.3) is 0 Å². The molecule has 0 amide bonds. The van der Waals surface area contributed by atoms with E-state index in [2.05, 4.69) is 15.3 Å². The summed E-state index contributed by atoms with van der Waals surface area (Å²) in [5.41, 5.74) is 1.43. The number of H-pyrrole nitrogens is 1. The van der Waals surface area contributed by atoms with Gasteiger partial charge < -0.3 is 4.74 Å². The minimum atomic E-state index is -0.322. The molecule has 1 heterocycles. The number of hydrogen-bond donors (Lipinski definition) is 1. The third-order valence-corrected chi connectivity index (χ3v) is 3.41. The highest BCUT2D eigenvalue weighted by Gasteiger charge is 2.09. The van der Waals surface area contributed by atoms with Crippen LogP contribution in [0.1, 0.15) is 5.56 Å². The zero-order valence-electron chi connectivity index (χ0n) is 12.2. The molecule has 0 radical (unpaired) electrons. The van der Waals surface area contributed by atoms with Crippen LogP contribution in [0, 0.1) is 10.6 Å². The second kappa shape index (κ2) is 6.53. The SMILES string of the molecule is COc1cccc(-c2n[nH]c(=S)n2/N=C/c2cccc(F)c2)c1. The van der Waals surface area contributed by atoms with E-state index in [9.17, 15) is 4.39 Å². The van der Waals surface area contributed by atoms with E-state index in [1.807, 2.05) is 24.3 Å². The van der Waals surface area contributed by atoms with Gasteiger partial charge in [-0.25, -0.2) is 9.49 Å². The summed E-state index contributed by atoms with van der Waals surface area (Å²) in [5.74, 6) is 0.927. The number of nitrogens with zero attached hydrogens (tertiary/aromatic N) is 3. The van der Waals surface area contributed by atoms with Gasteiger partial charge in [0.15, 0.2) is 5.82 Å². The molecule has 2 aromatic carbocycles. The van der Waals surface area contributed by atoms with Crippen LogP contribution in [0.2, 0.25) is 0 Å². The van der Waals surface area contributed by atoms with Gasteiger partial charge in [0, 0.05) is 5.56 Å². The molecule has 0 saturated heterocycles. The van der Waals surface area contributed by atoms with Crippen molar-refractivity contribution in [1.29, 1.82) is 0 Å². The highest BCUT2D eigenvalue weighted by molar-refractivity contribution is 7.71. The third kappa shape index (κ3) is 3.35. The van der Waals surface area contributed by atoms with Crippen LogP contribution in [0.15, 0.2) is 53.6 Å². The van der Waals surface area contributed by atoms with Crippen molar-refractivity contribution in [2.24, 2.45) is 5.10 Å². The Morgan fingerprint density at radius 2 is 2.09 bits per heavy atom. The molecule has 3 rings (SSSR count). The van der Waals surface area contributed by atoms with Crippen molar-refractivity contribution in [3.05, 3.63) is 64.7 Å². The molecule has 3 aromatic rings. The molecule has 1 aromatic heterocycles. The maximum atomic E-state index is 13.2. The molecular formula is C16H13FN4OS. The van der Waals surface area contributed by atoms with Crippen molar-refractivity contribution in [3.8, 4) is 17.1 Å². The number of halogens is 1. The summed E-state index contributed by atoms with van der Waals surface area (Å²) >= 11 is 5.20. The van der Waals surface area contributed by atoms with Gasteiger partial charge in [-0.05, 0) is 42.0 Å². The van der Waals surface area contributed by atoms with Gasteiger partial charge in [-0.2, -0.15) is 14.9 Å². The summed E-state index contributed by atoms with van der Waals surface area (Å²) in [6, 6.07) is 13.5. The normalized spacial score (nSPS) is 11.0. The van der Waals surface area contributed by atoms with E-state index in [0.717, 1.165) is 5.56 Å². The molecule has 0 saturated carbocycles. The Labute approximate surface area is 137 Å². The Kier molecular flexibility index (Phi) is 4.29. The molecule has 0 aliphatic heterocycles. The second-order valence-corrected chi connectivity index (χ2v) is 5.08. The van der Waals surface area contributed by atoms with Gasteiger partial charge in [-0.3, -0.25) is 0 Å². The molecule has 0 atom stereocenters. The molecule has 0 fully saturated rings. The largest absolute Gasteiger partial charge is 0.497 e. The van der Waals surface area contributed by atoms with Crippen molar-refractivity contribution in [3.63, 3.8) is 0 Å². The number of benzene rings is 2. The van der Waals surface area contributed by atoms with Crippen molar-refractivity contribution in [2.75, 3.05) is 7.11 Å². The molecule has 0 spiro atoms. The van der Waals surface area contributed by atoms with Gasteiger partial charge >= 0.3 is 0 Å². The molecule has 5 nitrogen and oxygen atoms in total. The van der Waals surface area contributed by atoms with Crippen LogP contribution >= 0.6 is 12.2 Å². The van der Waals surface area contributed by atoms with Crippen molar-refractivity contribution < 1.29 is 9.13 Å². The number of nitrogens with one attached hydrogen (secondary N) is 1. The molecular weight excluding hydrogens is 315 g/mol. The first-order valence-electron chi connectivity index (χ1n) is 6.79. The van der Waals surface area contributed by atoms with Crippen LogP contribution < -0.4 is 4.74 Å². The topological polar surface area (TPSA) is 55.2 Å². The van der Waals surface area contributed by atoms with Gasteiger partial charge in [0.2, 0.25) is 4.77 Å². The summed E-state index contributed by atoms with van der Waals surface area (Å²) in [6.07, 6.45) is 1.53. The van der Waals surface area contributed by atoms with E-state index in [-0.39, 0.29) is 5.82 Å². The first-order chi connectivity index (χ1) is 11.2. The fourth-order valence-electron chi connectivity index (χ4n) is 2.06. The zero-order chi connectivity index (χ0) is 16.2. The van der Waals surface area contributed by atoms with E-state index < -0.39 is 0 Å². The van der Waals surface area contributed by atoms with Crippen LogP contribution in [0.4, 0.5) is 4.39 Å². The molecule has 0 aliphatic carbocycles. The highest BCUT2D eigenvalue weighted by atomic mass is 32.1. The standard InChI is InChI=1S/C16H13FN4OS/c1-22-14-7-3-5-12(9-14)15-19-20-16(23)21(15)18-10-11-4-2-6-13(17)8-11/h2-10H,1H3,(H,20,23)/b18-10+. The lowest BCUT2D eigenvalue weighted by atomic mass is 10.2. The van der Waals surface area contributed by atoms with Gasteiger partial charge in [-0.15, -0.1) is 0 Å². The number of ether oxygens (including phenoxy) is 1. The Morgan fingerprint density at radius 3 is 2.87 bits per heavy atom. The third-order valence-electron chi connectivity index (χ3n) is 3.15. The van der Waals surface area contributed by atoms with E-state index in [1.54, 1.807) is 19.2 Å². The molecule has 0 aliphatic rings. The monoisotopic (exact) mass is 328 g/mol. The minimum absolute atomic E-state index is 0.322. The maximum absolute atomic E-state index is 13.2. The average molecular weight is 328 g/mol. The summed E-state index contributed by atoms with van der Waals surface area (Å²) in [6.45, 7) is 0. The van der Waals surface area contributed by atoms with Crippen LogP contribution in [0.5, 0.6) is 5.75 Å². The molecule has 7 heteroatoms. The van der Waals surface area contributed by atoms with E-state index in [1.165, 1.54) is 23.0 Å². The van der Waals surface area contributed by atoms with Crippen LogP contribution in [0.3, 0.4) is 0 Å². The molecule has 0 bridgehead atoms. The quantitative estimate of drug-likeness (QED) is 0.588. The fraction of sp³-hybridized carbons (Fsp3) is 0.0625. The number of rotatable bonds is 4. The van der Waals surface area contributed by atoms with Crippen molar-refractivity contribution in [2.45, 2.75) is 0 Å². The summed E-state index contributed by atoms with van der Waals surface area (Å²) < 4.78 is 20.3. The highest BCUT2D eigenvalue weighted by Crippen LogP contribution is 2.22. The van der Waals surface area contributed by atoms with E-state index in [4.69, 9.17) is 17.0 Å². The van der Waals surface area contributed by atoms with Crippen molar-refractivity contribution in [1.82, 2.24) is 14.9 Å². The number of methoxy groups -OCH3 is 1. The van der Waals surface area contributed by atoms with Gasteiger partial charge in [0.05, 0.1) is 13.3 Å². The smallest absolute Gasteiger partial charge is 0.216 e. The first-order valence-corrected chi connectivity index (χ1v) is 7.20. The van der Waals surface area contributed by atoms with Gasteiger partial charge in [0.1, 0.15) is 11.6 Å². The van der Waals surface area contributed by atoms with Crippen LogP contribution in [-0.4, -0.2) is 28.2 Å². The van der Waals surface area contributed by atoms with Gasteiger partial charge in [-0.1, -0.05) is 24.3 Å². The predicted molar refractivity (Wildman–Crippen MR) is 88.8 cm³/mol. The number of aromatic amines is 1. The van der Waals surface area contributed by atoms with E-state index in [0.29, 0.717) is 21.9 Å². The number of hydrogen-bond acceptors (Lipinski definition) is 4. The summed E-state index contributed by atoms with van der Waals surface area (Å²) in [4.78, 5) is 0. The molecule has 0 unspecified atom stereocenters. The minimum Gasteiger partial charge on any atom is -0.497 e. The fourth-order valence-corrected chi connectivity index (χ4v) is 2.24. The Morgan fingerprint density at radius 1 is 1.26 bits per heavy atom. The average Bonchev–Trinajstić information content (AvgIpc) is 2.94. The predicted octanol–water partition coefficient (Wildman–Crippen LogP) is 3.64. The second-order valence-electron chi connectivity index (χ2n) is 4.70. The summed E-state index contributed by atoms with van der Waals surface area (Å²) in [7, 11) is 1.60. The Balaban J connectivity index is 2.00. The lowest BCUT2D eigenvalue weighted by Gasteiger charge is -2.03. The molecule has 116 valence electrons. The van der Waals surface area contributed by atoms with Crippen molar-refractivity contribution >= 4 is 18.4 Å². The number of aromatic nitrogens is 3. The lowest BCUT2D eigenvalue weighted by Crippen LogP contribution is -1.95.